The third-order valence-corrected chi connectivity index (χ3v) is 7.77. The van der Waals surface area contributed by atoms with Gasteiger partial charge in [-0.25, -0.2) is 0 Å². The predicted molar refractivity (Wildman–Crippen MR) is 146 cm³/mol. The fraction of sp³-hybridized carbons (Fsp3) is 0.273. The van der Waals surface area contributed by atoms with Crippen molar-refractivity contribution in [3.63, 3.8) is 0 Å². The zero-order chi connectivity index (χ0) is 25.4. The standard InChI is InChI=1S/C33H30O5/c1-3-7-29-25(5-1)27-11-9-23-21-31(27)33(29)30-8-4-2-6-26(30)28-12-10-24(22-32(28)33)38-20-18-36-16-14-34-13-15-35-17-19-37-23/h1-12,21-22H,13-20H2. The minimum absolute atomic E-state index is 0.443. The van der Waals surface area contributed by atoms with Gasteiger partial charge in [-0.15, -0.1) is 0 Å². The molecule has 7 rings (SSSR count). The van der Waals surface area contributed by atoms with Crippen molar-refractivity contribution in [3.05, 3.63) is 107 Å². The minimum atomic E-state index is -0.443. The van der Waals surface area contributed by atoms with E-state index in [9.17, 15) is 0 Å². The van der Waals surface area contributed by atoms with Crippen LogP contribution < -0.4 is 9.47 Å². The summed E-state index contributed by atoms with van der Waals surface area (Å²) in [6.07, 6.45) is 0. The van der Waals surface area contributed by atoms with Gasteiger partial charge in [0.15, 0.2) is 0 Å². The second kappa shape index (κ2) is 9.91. The molecule has 0 atom stereocenters. The molecule has 0 fully saturated rings. The Morgan fingerprint density at radius 1 is 0.395 bits per heavy atom. The zero-order valence-corrected chi connectivity index (χ0v) is 21.3. The van der Waals surface area contributed by atoms with Gasteiger partial charge in [0.1, 0.15) is 24.7 Å². The van der Waals surface area contributed by atoms with Crippen molar-refractivity contribution in [2.75, 3.05) is 52.9 Å². The van der Waals surface area contributed by atoms with Gasteiger partial charge < -0.3 is 23.7 Å². The number of benzene rings is 4. The molecule has 5 nitrogen and oxygen atoms in total. The molecule has 4 aromatic carbocycles. The molecule has 0 aromatic heterocycles. The van der Waals surface area contributed by atoms with Crippen molar-refractivity contribution < 1.29 is 23.7 Å². The number of hydrogen-bond donors (Lipinski definition) is 0. The van der Waals surface area contributed by atoms with Crippen LogP contribution in [0.3, 0.4) is 0 Å². The second-order valence-electron chi connectivity index (χ2n) is 9.79. The molecule has 4 aromatic rings. The zero-order valence-electron chi connectivity index (χ0n) is 21.3. The fourth-order valence-corrected chi connectivity index (χ4v) is 6.26. The molecule has 192 valence electrons. The molecule has 0 amide bonds. The molecule has 1 spiro atoms. The van der Waals surface area contributed by atoms with Crippen LogP contribution in [-0.4, -0.2) is 52.9 Å². The number of ether oxygens (including phenoxy) is 5. The average Bonchev–Trinajstić information content (AvgIpc) is 3.42. The van der Waals surface area contributed by atoms with Gasteiger partial charge in [-0.05, 0) is 68.8 Å². The van der Waals surface area contributed by atoms with Crippen molar-refractivity contribution >= 4 is 0 Å². The Labute approximate surface area is 222 Å². The van der Waals surface area contributed by atoms with E-state index in [0.29, 0.717) is 52.9 Å². The Morgan fingerprint density at radius 3 is 1.26 bits per heavy atom. The molecule has 1 heterocycles. The van der Waals surface area contributed by atoms with Crippen LogP contribution in [0.25, 0.3) is 22.3 Å². The van der Waals surface area contributed by atoms with Gasteiger partial charge in [0.05, 0.1) is 45.1 Å². The van der Waals surface area contributed by atoms with Gasteiger partial charge in [-0.2, -0.15) is 0 Å². The lowest BCUT2D eigenvalue weighted by atomic mass is 9.70. The predicted octanol–water partition coefficient (Wildman–Crippen LogP) is 5.85. The van der Waals surface area contributed by atoms with Crippen LogP contribution in [0, 0.1) is 0 Å². The summed E-state index contributed by atoms with van der Waals surface area (Å²) in [6, 6.07) is 30.6. The van der Waals surface area contributed by atoms with Gasteiger partial charge >= 0.3 is 0 Å². The van der Waals surface area contributed by atoms with Crippen LogP contribution in [0.15, 0.2) is 84.9 Å². The first kappa shape index (κ1) is 23.5. The van der Waals surface area contributed by atoms with Gasteiger partial charge in [0, 0.05) is 0 Å². The van der Waals surface area contributed by atoms with Crippen LogP contribution in [0.5, 0.6) is 11.5 Å². The molecule has 0 radical (unpaired) electrons. The number of rotatable bonds is 0. The SMILES string of the molecule is c1ccc2c(c1)-c1ccc3cc1C21c2ccccc2-c2ccc(cc21)OCCOCCOCCOCCO3. The summed E-state index contributed by atoms with van der Waals surface area (Å²) >= 11 is 0. The smallest absolute Gasteiger partial charge is 0.119 e. The molecule has 0 saturated carbocycles. The molecule has 1 aliphatic heterocycles. The summed E-state index contributed by atoms with van der Waals surface area (Å²) in [7, 11) is 0. The number of fused-ring (bicyclic) bond motifs is 6. The molecule has 4 bridgehead atoms. The molecule has 0 unspecified atom stereocenters. The molecular formula is C33H30O5. The van der Waals surface area contributed by atoms with Gasteiger partial charge in [-0.1, -0.05) is 60.7 Å². The number of hydrogen-bond acceptors (Lipinski definition) is 5. The van der Waals surface area contributed by atoms with Crippen LogP contribution in [0.4, 0.5) is 0 Å². The third kappa shape index (κ3) is 3.73. The normalized spacial score (nSPS) is 18.0. The monoisotopic (exact) mass is 506 g/mol. The van der Waals surface area contributed by atoms with E-state index in [4.69, 9.17) is 23.7 Å². The maximum atomic E-state index is 6.20. The highest BCUT2D eigenvalue weighted by molar-refractivity contribution is 5.95. The van der Waals surface area contributed by atoms with E-state index in [2.05, 4.69) is 84.9 Å². The summed E-state index contributed by atoms with van der Waals surface area (Å²) in [6.45, 7) is 4.11. The minimum Gasteiger partial charge on any atom is -0.491 e. The highest BCUT2D eigenvalue weighted by atomic mass is 16.6. The van der Waals surface area contributed by atoms with Gasteiger partial charge in [-0.3, -0.25) is 0 Å². The van der Waals surface area contributed by atoms with E-state index in [1.807, 2.05) is 0 Å². The summed E-state index contributed by atoms with van der Waals surface area (Å²) in [5.41, 5.74) is 9.64. The Balaban J connectivity index is 1.40. The lowest BCUT2D eigenvalue weighted by Gasteiger charge is -2.30. The fourth-order valence-electron chi connectivity index (χ4n) is 6.26. The van der Waals surface area contributed by atoms with E-state index >= 15 is 0 Å². The summed E-state index contributed by atoms with van der Waals surface area (Å²) < 4.78 is 29.4. The largest absolute Gasteiger partial charge is 0.491 e. The van der Waals surface area contributed by atoms with E-state index in [1.54, 1.807) is 0 Å². The van der Waals surface area contributed by atoms with Crippen LogP contribution in [0.2, 0.25) is 0 Å². The quantitative estimate of drug-likeness (QED) is 0.259. The molecular weight excluding hydrogens is 476 g/mol. The highest BCUT2D eigenvalue weighted by Gasteiger charge is 2.51. The molecule has 5 heteroatoms. The van der Waals surface area contributed by atoms with Gasteiger partial charge in [0.2, 0.25) is 0 Å². The Bertz CT molecular complexity index is 1370. The maximum absolute atomic E-state index is 6.20. The first-order valence-corrected chi connectivity index (χ1v) is 13.3. The first-order chi connectivity index (χ1) is 18.9. The average molecular weight is 507 g/mol. The van der Waals surface area contributed by atoms with Crippen molar-refractivity contribution in [1.82, 2.24) is 0 Å². The van der Waals surface area contributed by atoms with Crippen molar-refractivity contribution in [3.8, 4) is 33.8 Å². The maximum Gasteiger partial charge on any atom is 0.119 e. The molecule has 3 aliphatic rings. The lowest BCUT2D eigenvalue weighted by molar-refractivity contribution is 0.00497. The highest BCUT2D eigenvalue weighted by Crippen LogP contribution is 2.63. The van der Waals surface area contributed by atoms with E-state index in [-0.39, 0.29) is 0 Å². The molecule has 2 aliphatic carbocycles. The summed E-state index contributed by atoms with van der Waals surface area (Å²) in [4.78, 5) is 0. The first-order valence-electron chi connectivity index (χ1n) is 13.3. The molecule has 0 N–H and O–H groups in total. The summed E-state index contributed by atoms with van der Waals surface area (Å²) in [5, 5.41) is 0. The Morgan fingerprint density at radius 2 is 0.789 bits per heavy atom. The third-order valence-electron chi connectivity index (χ3n) is 7.77. The van der Waals surface area contributed by atoms with Crippen LogP contribution in [-0.2, 0) is 19.6 Å². The Hall–Kier alpha value is -3.64. The second-order valence-corrected chi connectivity index (χ2v) is 9.79. The van der Waals surface area contributed by atoms with Crippen LogP contribution >= 0.6 is 0 Å². The molecule has 38 heavy (non-hydrogen) atoms. The van der Waals surface area contributed by atoms with E-state index in [0.717, 1.165) is 11.5 Å². The van der Waals surface area contributed by atoms with E-state index < -0.39 is 5.41 Å². The van der Waals surface area contributed by atoms with Crippen molar-refractivity contribution in [2.45, 2.75) is 5.41 Å². The van der Waals surface area contributed by atoms with Gasteiger partial charge in [0.25, 0.3) is 0 Å². The van der Waals surface area contributed by atoms with Crippen molar-refractivity contribution in [1.29, 1.82) is 0 Å². The lowest BCUT2D eigenvalue weighted by Crippen LogP contribution is -2.26. The Kier molecular flexibility index (Phi) is 6.12. The molecule has 0 saturated heterocycles. The summed E-state index contributed by atoms with van der Waals surface area (Å²) in [5.74, 6) is 1.70. The van der Waals surface area contributed by atoms with Crippen molar-refractivity contribution in [2.24, 2.45) is 0 Å². The van der Waals surface area contributed by atoms with E-state index in [1.165, 1.54) is 44.5 Å². The topological polar surface area (TPSA) is 46.2 Å². The van der Waals surface area contributed by atoms with Crippen LogP contribution in [0.1, 0.15) is 22.3 Å².